The SMILES string of the molecule is CCOC(=O)N1CCC(N(c2ccc(CNCCc3ccccc3)c3ccccc23)S(=O)[O-])CC1. The lowest BCUT2D eigenvalue weighted by Gasteiger charge is -2.40. The van der Waals surface area contributed by atoms with Gasteiger partial charge < -0.3 is 19.5 Å². The molecule has 8 heteroatoms. The summed E-state index contributed by atoms with van der Waals surface area (Å²) in [7, 11) is 0. The van der Waals surface area contributed by atoms with E-state index in [2.05, 4.69) is 17.4 Å². The highest BCUT2D eigenvalue weighted by atomic mass is 32.2. The number of benzene rings is 3. The van der Waals surface area contributed by atoms with Crippen molar-refractivity contribution in [2.75, 3.05) is 30.5 Å². The number of carbonyl (C=O) groups excluding carboxylic acids is 1. The Morgan fingerprint density at radius 3 is 2.43 bits per heavy atom. The van der Waals surface area contributed by atoms with Crippen LogP contribution >= 0.6 is 0 Å². The van der Waals surface area contributed by atoms with Gasteiger partial charge in [0, 0.05) is 42.3 Å². The molecule has 1 heterocycles. The van der Waals surface area contributed by atoms with Crippen LogP contribution < -0.4 is 9.62 Å². The number of anilines is 1. The zero-order chi connectivity index (χ0) is 24.6. The third kappa shape index (κ3) is 6.20. The van der Waals surface area contributed by atoms with Gasteiger partial charge in [0.15, 0.2) is 0 Å². The van der Waals surface area contributed by atoms with Gasteiger partial charge in [-0.05, 0) is 55.3 Å². The van der Waals surface area contributed by atoms with E-state index in [-0.39, 0.29) is 12.1 Å². The molecular weight excluding hydrogens is 462 g/mol. The van der Waals surface area contributed by atoms with Crippen molar-refractivity contribution in [1.82, 2.24) is 10.2 Å². The minimum absolute atomic E-state index is 0.211. The first-order chi connectivity index (χ1) is 17.1. The maximum Gasteiger partial charge on any atom is 0.409 e. The number of hydrogen-bond donors (Lipinski definition) is 1. The molecule has 1 atom stereocenters. The summed E-state index contributed by atoms with van der Waals surface area (Å²) in [6, 6.07) is 22.0. The zero-order valence-corrected chi connectivity index (χ0v) is 20.8. The van der Waals surface area contributed by atoms with Gasteiger partial charge in [-0.2, -0.15) is 0 Å². The third-order valence-electron chi connectivity index (χ3n) is 6.46. The van der Waals surface area contributed by atoms with Gasteiger partial charge in [0.2, 0.25) is 0 Å². The van der Waals surface area contributed by atoms with Crippen molar-refractivity contribution in [3.63, 3.8) is 0 Å². The van der Waals surface area contributed by atoms with Gasteiger partial charge in [0.1, 0.15) is 0 Å². The van der Waals surface area contributed by atoms with Crippen molar-refractivity contribution in [3.05, 3.63) is 77.9 Å². The molecule has 0 spiro atoms. The Bertz CT molecular complexity index is 1150. The maximum absolute atomic E-state index is 12.4. The summed E-state index contributed by atoms with van der Waals surface area (Å²) in [4.78, 5) is 13.7. The minimum Gasteiger partial charge on any atom is -0.755 e. The Hall–Kier alpha value is -2.94. The van der Waals surface area contributed by atoms with Gasteiger partial charge >= 0.3 is 6.09 Å². The topological polar surface area (TPSA) is 84.9 Å². The van der Waals surface area contributed by atoms with Crippen molar-refractivity contribution in [2.24, 2.45) is 0 Å². The van der Waals surface area contributed by atoms with Crippen LogP contribution in [0.4, 0.5) is 10.5 Å². The van der Waals surface area contributed by atoms with Crippen LogP contribution in [0.1, 0.15) is 30.9 Å². The molecule has 186 valence electrons. The summed E-state index contributed by atoms with van der Waals surface area (Å²) in [5, 5.41) is 5.47. The average Bonchev–Trinajstić information content (AvgIpc) is 2.88. The van der Waals surface area contributed by atoms with E-state index in [1.165, 1.54) is 9.87 Å². The van der Waals surface area contributed by atoms with Crippen LogP contribution in [-0.4, -0.2) is 52.0 Å². The minimum atomic E-state index is -2.43. The largest absolute Gasteiger partial charge is 0.755 e. The van der Waals surface area contributed by atoms with Gasteiger partial charge in [-0.1, -0.05) is 60.7 Å². The number of carbonyl (C=O) groups is 1. The molecule has 1 amide bonds. The van der Waals surface area contributed by atoms with Gasteiger partial charge in [-0.15, -0.1) is 0 Å². The number of ether oxygens (including phenoxy) is 1. The Balaban J connectivity index is 1.49. The fourth-order valence-corrected chi connectivity index (χ4v) is 5.46. The Morgan fingerprint density at radius 1 is 1.06 bits per heavy atom. The number of fused-ring (bicyclic) bond motifs is 1. The lowest BCUT2D eigenvalue weighted by atomic mass is 10.00. The second-order valence-electron chi connectivity index (χ2n) is 8.66. The molecule has 0 radical (unpaired) electrons. The first kappa shape index (κ1) is 25.2. The molecular formula is C27H32N3O4S-. The van der Waals surface area contributed by atoms with Crippen LogP contribution in [0.25, 0.3) is 10.8 Å². The molecule has 3 aromatic carbocycles. The molecule has 7 nitrogen and oxygen atoms in total. The van der Waals surface area contributed by atoms with Crippen molar-refractivity contribution < 1.29 is 18.3 Å². The quantitative estimate of drug-likeness (QED) is 0.352. The van der Waals surface area contributed by atoms with E-state index in [0.29, 0.717) is 44.8 Å². The van der Waals surface area contributed by atoms with E-state index in [9.17, 15) is 13.6 Å². The first-order valence-electron chi connectivity index (χ1n) is 12.1. The predicted molar refractivity (Wildman–Crippen MR) is 139 cm³/mol. The molecule has 0 saturated carbocycles. The Morgan fingerprint density at radius 2 is 1.74 bits per heavy atom. The fourth-order valence-electron chi connectivity index (χ4n) is 4.69. The van der Waals surface area contributed by atoms with Crippen LogP contribution in [0, 0.1) is 0 Å². The number of likely N-dealkylation sites (tertiary alicyclic amines) is 1. The highest BCUT2D eigenvalue weighted by Crippen LogP contribution is 2.33. The fraction of sp³-hybridized carbons (Fsp3) is 0.370. The first-order valence-corrected chi connectivity index (χ1v) is 13.2. The summed E-state index contributed by atoms with van der Waals surface area (Å²) in [6.45, 7) is 4.61. The lowest BCUT2D eigenvalue weighted by Crippen LogP contribution is -2.47. The molecule has 1 aliphatic rings. The molecule has 1 unspecified atom stereocenters. The highest BCUT2D eigenvalue weighted by Gasteiger charge is 2.29. The average molecular weight is 495 g/mol. The molecule has 0 aromatic heterocycles. The molecule has 0 aliphatic carbocycles. The summed E-state index contributed by atoms with van der Waals surface area (Å²) in [6.07, 6.45) is 1.73. The van der Waals surface area contributed by atoms with E-state index >= 15 is 0 Å². The van der Waals surface area contributed by atoms with E-state index in [1.54, 1.807) is 11.8 Å². The summed E-state index contributed by atoms with van der Waals surface area (Å²) >= 11 is -2.43. The molecule has 1 N–H and O–H groups in total. The summed E-state index contributed by atoms with van der Waals surface area (Å²) in [5.41, 5.74) is 3.10. The third-order valence-corrected chi connectivity index (χ3v) is 7.28. The monoisotopic (exact) mass is 494 g/mol. The number of rotatable bonds is 9. The molecule has 1 aliphatic heterocycles. The van der Waals surface area contributed by atoms with Crippen molar-refractivity contribution >= 4 is 33.8 Å². The Kier molecular flexibility index (Phi) is 8.74. The lowest BCUT2D eigenvalue weighted by molar-refractivity contribution is 0.0976. The highest BCUT2D eigenvalue weighted by molar-refractivity contribution is 7.80. The summed E-state index contributed by atoms with van der Waals surface area (Å²) < 4.78 is 31.4. The normalized spacial score (nSPS) is 15.2. The maximum atomic E-state index is 12.4. The molecule has 0 bridgehead atoms. The number of piperidine rings is 1. The smallest absolute Gasteiger partial charge is 0.409 e. The number of amides is 1. The van der Waals surface area contributed by atoms with E-state index in [0.717, 1.165) is 29.3 Å². The van der Waals surface area contributed by atoms with Crippen molar-refractivity contribution in [1.29, 1.82) is 0 Å². The molecule has 3 aromatic rings. The van der Waals surface area contributed by atoms with Gasteiger partial charge in [0.05, 0.1) is 12.3 Å². The molecule has 35 heavy (non-hydrogen) atoms. The van der Waals surface area contributed by atoms with Gasteiger partial charge in [0.25, 0.3) is 0 Å². The zero-order valence-electron chi connectivity index (χ0n) is 20.0. The van der Waals surface area contributed by atoms with E-state index < -0.39 is 11.3 Å². The number of hydrogen-bond acceptors (Lipinski definition) is 5. The molecule has 1 saturated heterocycles. The number of nitrogens with zero attached hydrogens (tertiary/aromatic N) is 2. The molecule has 1 fully saturated rings. The second kappa shape index (κ2) is 12.2. The van der Waals surface area contributed by atoms with Crippen molar-refractivity contribution in [2.45, 2.75) is 38.8 Å². The van der Waals surface area contributed by atoms with Crippen LogP contribution in [0.15, 0.2) is 66.7 Å². The van der Waals surface area contributed by atoms with Crippen LogP contribution in [-0.2, 0) is 29.0 Å². The second-order valence-corrected chi connectivity index (χ2v) is 9.49. The Labute approximate surface area is 209 Å². The predicted octanol–water partition coefficient (Wildman–Crippen LogP) is 4.39. The summed E-state index contributed by atoms with van der Waals surface area (Å²) in [5.74, 6) is 0. The van der Waals surface area contributed by atoms with Crippen molar-refractivity contribution in [3.8, 4) is 0 Å². The van der Waals surface area contributed by atoms with E-state index in [1.807, 2.05) is 54.6 Å². The van der Waals surface area contributed by atoms with Gasteiger partial charge in [-0.3, -0.25) is 8.51 Å². The van der Waals surface area contributed by atoms with Crippen LogP contribution in [0.5, 0.6) is 0 Å². The molecule has 4 rings (SSSR count). The standard InChI is InChI=1S/C27H33N3O4S/c1-2-34-27(31)29-18-15-23(16-19-29)30(35(32)33)26-13-12-22(24-10-6-7-11-25(24)26)20-28-17-14-21-8-4-3-5-9-21/h3-13,23,28H,2,14-20H2,1H3,(H,32,33)/p-1. The van der Waals surface area contributed by atoms with Gasteiger partial charge in [-0.25, -0.2) is 4.79 Å². The van der Waals surface area contributed by atoms with Crippen LogP contribution in [0.3, 0.4) is 0 Å². The van der Waals surface area contributed by atoms with E-state index in [4.69, 9.17) is 4.74 Å². The number of nitrogens with one attached hydrogen (secondary N) is 1. The van der Waals surface area contributed by atoms with Crippen LogP contribution in [0.2, 0.25) is 0 Å².